The number of carbonyl (C=O) groups is 1. The van der Waals surface area contributed by atoms with Crippen LogP contribution in [0.15, 0.2) is 32.9 Å². The number of rotatable bonds is 4. The van der Waals surface area contributed by atoms with E-state index in [1.165, 1.54) is 17.8 Å². The van der Waals surface area contributed by atoms with Crippen molar-refractivity contribution in [1.82, 2.24) is 9.97 Å². The zero-order chi connectivity index (χ0) is 14.0. The Morgan fingerprint density at radius 1 is 1.37 bits per heavy atom. The summed E-state index contributed by atoms with van der Waals surface area (Å²) in [6.45, 7) is 6.03. The Morgan fingerprint density at radius 2 is 2.11 bits per heavy atom. The second kappa shape index (κ2) is 5.44. The van der Waals surface area contributed by atoms with Gasteiger partial charge in [0.15, 0.2) is 10.2 Å². The first kappa shape index (κ1) is 13.6. The molecule has 6 heteroatoms. The number of aryl methyl sites for hydroxylation is 1. The molecule has 1 N–H and O–H groups in total. The lowest BCUT2D eigenvalue weighted by Gasteiger charge is -2.07. The molecule has 0 saturated carbocycles. The van der Waals surface area contributed by atoms with Gasteiger partial charge in [-0.05, 0) is 42.8 Å². The van der Waals surface area contributed by atoms with Gasteiger partial charge in [0.2, 0.25) is 5.76 Å². The van der Waals surface area contributed by atoms with Crippen molar-refractivity contribution in [3.8, 4) is 0 Å². The fraction of sp³-hybridized carbons (Fsp3) is 0.308. The Morgan fingerprint density at radius 3 is 2.68 bits per heavy atom. The topological polar surface area (TPSA) is 76.2 Å². The van der Waals surface area contributed by atoms with Gasteiger partial charge in [-0.2, -0.15) is 0 Å². The third kappa shape index (κ3) is 3.35. The van der Waals surface area contributed by atoms with Crippen LogP contribution < -0.4 is 0 Å². The van der Waals surface area contributed by atoms with Gasteiger partial charge < -0.3 is 9.52 Å². The molecule has 0 bridgehead atoms. The highest BCUT2D eigenvalue weighted by atomic mass is 32.2. The summed E-state index contributed by atoms with van der Waals surface area (Å²) in [6.07, 6.45) is 0. The molecule has 0 fully saturated rings. The van der Waals surface area contributed by atoms with E-state index < -0.39 is 5.97 Å². The van der Waals surface area contributed by atoms with Gasteiger partial charge in [0.1, 0.15) is 0 Å². The molecule has 0 unspecified atom stereocenters. The van der Waals surface area contributed by atoms with Crippen LogP contribution in [0.25, 0.3) is 0 Å². The maximum atomic E-state index is 10.7. The maximum Gasteiger partial charge on any atom is 0.371 e. The summed E-state index contributed by atoms with van der Waals surface area (Å²) >= 11 is 1.22. The second-order valence-corrected chi connectivity index (χ2v) is 5.37. The van der Waals surface area contributed by atoms with Gasteiger partial charge in [0.05, 0.1) is 0 Å². The maximum absolute atomic E-state index is 10.7. The third-order valence-electron chi connectivity index (χ3n) is 2.43. The summed E-state index contributed by atoms with van der Waals surface area (Å²) in [5.74, 6) is -0.855. The van der Waals surface area contributed by atoms with Gasteiger partial charge in [-0.3, -0.25) is 0 Å². The van der Waals surface area contributed by atoms with E-state index in [1.807, 2.05) is 13.0 Å². The van der Waals surface area contributed by atoms with E-state index in [4.69, 9.17) is 9.52 Å². The fourth-order valence-corrected chi connectivity index (χ4v) is 2.27. The zero-order valence-corrected chi connectivity index (χ0v) is 11.7. The standard InChI is InChI=1S/C13H14N2O3S/c1-7(2)9-6-8(3)14-13(15-9)19-11-5-4-10(18-11)12(16)17/h4-7H,1-3H3,(H,16,17). The molecule has 0 spiro atoms. The van der Waals surface area contributed by atoms with Gasteiger partial charge in [-0.15, -0.1) is 0 Å². The lowest BCUT2D eigenvalue weighted by atomic mass is 10.1. The highest BCUT2D eigenvalue weighted by Crippen LogP contribution is 2.28. The van der Waals surface area contributed by atoms with Crippen LogP contribution in [0.3, 0.4) is 0 Å². The summed E-state index contributed by atoms with van der Waals surface area (Å²) in [6, 6.07) is 4.97. The number of carboxylic acids is 1. The van der Waals surface area contributed by atoms with Crippen LogP contribution in [0.5, 0.6) is 0 Å². The van der Waals surface area contributed by atoms with E-state index >= 15 is 0 Å². The summed E-state index contributed by atoms with van der Waals surface area (Å²) < 4.78 is 5.17. The van der Waals surface area contributed by atoms with Crippen LogP contribution in [0.4, 0.5) is 0 Å². The first-order valence-corrected chi connectivity index (χ1v) is 6.64. The highest BCUT2D eigenvalue weighted by molar-refractivity contribution is 7.99. The van der Waals surface area contributed by atoms with Gasteiger partial charge in [0.25, 0.3) is 0 Å². The van der Waals surface area contributed by atoms with E-state index in [0.717, 1.165) is 11.4 Å². The van der Waals surface area contributed by atoms with Crippen molar-refractivity contribution in [3.05, 3.63) is 35.3 Å². The second-order valence-electron chi connectivity index (χ2n) is 4.40. The number of aromatic carboxylic acids is 1. The average molecular weight is 278 g/mol. The predicted molar refractivity (Wildman–Crippen MR) is 70.6 cm³/mol. The van der Waals surface area contributed by atoms with Crippen molar-refractivity contribution in [2.45, 2.75) is 36.9 Å². The summed E-state index contributed by atoms with van der Waals surface area (Å²) in [4.78, 5) is 19.5. The molecule has 0 amide bonds. The third-order valence-corrected chi connectivity index (χ3v) is 3.21. The van der Waals surface area contributed by atoms with Gasteiger partial charge in [0, 0.05) is 11.4 Å². The predicted octanol–water partition coefficient (Wildman–Crippen LogP) is 3.35. The number of aromatic nitrogens is 2. The van der Waals surface area contributed by atoms with Crippen molar-refractivity contribution in [3.63, 3.8) is 0 Å². The van der Waals surface area contributed by atoms with Gasteiger partial charge in [-0.1, -0.05) is 13.8 Å². The highest BCUT2D eigenvalue weighted by Gasteiger charge is 2.12. The monoisotopic (exact) mass is 278 g/mol. The number of hydrogen-bond acceptors (Lipinski definition) is 5. The van der Waals surface area contributed by atoms with Crippen molar-refractivity contribution in [2.75, 3.05) is 0 Å². The lowest BCUT2D eigenvalue weighted by Crippen LogP contribution is -1.98. The Hall–Kier alpha value is -1.82. The average Bonchev–Trinajstić information content (AvgIpc) is 2.76. The fourth-order valence-electron chi connectivity index (χ4n) is 1.49. The molecule has 0 radical (unpaired) electrons. The SMILES string of the molecule is Cc1cc(C(C)C)nc(Sc2ccc(C(=O)O)o2)n1. The van der Waals surface area contributed by atoms with Crippen molar-refractivity contribution >= 4 is 17.7 Å². The molecule has 0 aromatic carbocycles. The van der Waals surface area contributed by atoms with Crippen molar-refractivity contribution in [1.29, 1.82) is 0 Å². The van der Waals surface area contributed by atoms with Crippen LogP contribution >= 0.6 is 11.8 Å². The lowest BCUT2D eigenvalue weighted by molar-refractivity contribution is 0.0656. The molecule has 0 aliphatic rings. The van der Waals surface area contributed by atoms with E-state index in [2.05, 4.69) is 23.8 Å². The quantitative estimate of drug-likeness (QED) is 0.864. The first-order valence-electron chi connectivity index (χ1n) is 5.82. The van der Waals surface area contributed by atoms with E-state index in [9.17, 15) is 4.79 Å². The number of nitrogens with zero attached hydrogens (tertiary/aromatic N) is 2. The molecule has 0 aliphatic heterocycles. The Kier molecular flexibility index (Phi) is 3.90. The van der Waals surface area contributed by atoms with Gasteiger partial charge >= 0.3 is 5.97 Å². The first-order chi connectivity index (χ1) is 8.95. The molecule has 2 aromatic rings. The Balaban J connectivity index is 2.24. The number of furan rings is 1. The zero-order valence-electron chi connectivity index (χ0n) is 10.9. The molecule has 2 rings (SSSR count). The molecule has 0 atom stereocenters. The molecular weight excluding hydrogens is 264 g/mol. The Bertz CT molecular complexity index is 608. The smallest absolute Gasteiger partial charge is 0.371 e. The molecule has 19 heavy (non-hydrogen) atoms. The molecule has 5 nitrogen and oxygen atoms in total. The molecule has 2 heterocycles. The van der Waals surface area contributed by atoms with Crippen LogP contribution in [0.1, 0.15) is 41.7 Å². The van der Waals surface area contributed by atoms with Gasteiger partial charge in [-0.25, -0.2) is 14.8 Å². The Labute approximate surface area is 115 Å². The minimum absolute atomic E-state index is 0.0840. The largest absolute Gasteiger partial charge is 0.475 e. The number of carboxylic acid groups (broad SMARTS) is 1. The van der Waals surface area contributed by atoms with Crippen molar-refractivity contribution in [2.24, 2.45) is 0 Å². The minimum Gasteiger partial charge on any atom is -0.475 e. The van der Waals surface area contributed by atoms with Crippen LogP contribution in [0, 0.1) is 6.92 Å². The molecule has 2 aromatic heterocycles. The summed E-state index contributed by atoms with van der Waals surface area (Å²) in [7, 11) is 0. The van der Waals surface area contributed by atoms with Crippen LogP contribution in [-0.2, 0) is 0 Å². The normalized spacial score (nSPS) is 10.9. The van der Waals surface area contributed by atoms with Crippen LogP contribution in [0.2, 0.25) is 0 Å². The molecule has 0 saturated heterocycles. The minimum atomic E-state index is -1.08. The van der Waals surface area contributed by atoms with E-state index in [0.29, 0.717) is 16.2 Å². The molecule has 0 aliphatic carbocycles. The summed E-state index contributed by atoms with van der Waals surface area (Å²) in [5, 5.41) is 9.83. The van der Waals surface area contributed by atoms with Crippen molar-refractivity contribution < 1.29 is 14.3 Å². The van der Waals surface area contributed by atoms with Crippen LogP contribution in [-0.4, -0.2) is 21.0 Å². The molecule has 100 valence electrons. The summed E-state index contributed by atoms with van der Waals surface area (Å²) in [5.41, 5.74) is 1.84. The molecular formula is C13H14N2O3S. The van der Waals surface area contributed by atoms with E-state index in [1.54, 1.807) is 6.07 Å². The number of hydrogen-bond donors (Lipinski definition) is 1. The van der Waals surface area contributed by atoms with E-state index in [-0.39, 0.29) is 5.76 Å².